The van der Waals surface area contributed by atoms with Crippen LogP contribution in [0.1, 0.15) is 22.7 Å². The van der Waals surface area contributed by atoms with E-state index in [4.69, 9.17) is 10.5 Å². The fourth-order valence-electron chi connectivity index (χ4n) is 2.25. The van der Waals surface area contributed by atoms with Crippen LogP contribution < -0.4 is 10.5 Å². The molecule has 2 N–H and O–H groups in total. The van der Waals surface area contributed by atoms with Gasteiger partial charge in [-0.15, -0.1) is 0 Å². The molecule has 2 aromatic rings. The van der Waals surface area contributed by atoms with Crippen molar-refractivity contribution in [3.63, 3.8) is 0 Å². The highest BCUT2D eigenvalue weighted by atomic mass is 19.1. The lowest BCUT2D eigenvalue weighted by Gasteiger charge is -2.16. The van der Waals surface area contributed by atoms with Gasteiger partial charge in [0.25, 0.3) is 0 Å². The van der Waals surface area contributed by atoms with Gasteiger partial charge in [-0.3, -0.25) is 0 Å². The minimum absolute atomic E-state index is 0.320. The van der Waals surface area contributed by atoms with Crippen LogP contribution in [0.4, 0.5) is 4.39 Å². The predicted molar refractivity (Wildman–Crippen MR) is 74.8 cm³/mol. The third-order valence-electron chi connectivity index (χ3n) is 3.14. The number of ether oxygens (including phenoxy) is 1. The summed E-state index contributed by atoms with van der Waals surface area (Å²) < 4.78 is 19.1. The second kappa shape index (κ2) is 5.85. The highest BCUT2D eigenvalue weighted by Crippen LogP contribution is 2.28. The first-order valence-electron chi connectivity index (χ1n) is 6.25. The van der Waals surface area contributed by atoms with Crippen molar-refractivity contribution in [1.82, 2.24) is 0 Å². The summed E-state index contributed by atoms with van der Waals surface area (Å²) in [7, 11) is 1.53. The Morgan fingerprint density at radius 1 is 1.21 bits per heavy atom. The van der Waals surface area contributed by atoms with Crippen LogP contribution in [0.25, 0.3) is 0 Å². The van der Waals surface area contributed by atoms with Gasteiger partial charge in [0.15, 0.2) is 0 Å². The van der Waals surface area contributed by atoms with Gasteiger partial charge in [-0.25, -0.2) is 4.39 Å². The molecule has 0 radical (unpaired) electrons. The van der Waals surface area contributed by atoms with E-state index < -0.39 is 6.04 Å². The third-order valence-corrected chi connectivity index (χ3v) is 3.14. The molecule has 100 valence electrons. The summed E-state index contributed by atoms with van der Waals surface area (Å²) in [5, 5.41) is 0. The second-order valence-corrected chi connectivity index (χ2v) is 4.66. The molecule has 1 unspecified atom stereocenters. The molecule has 3 heteroatoms. The van der Waals surface area contributed by atoms with Crippen LogP contribution in [0.15, 0.2) is 42.5 Å². The predicted octanol–water partition coefficient (Wildman–Crippen LogP) is 3.39. The van der Waals surface area contributed by atoms with Gasteiger partial charge in [0, 0.05) is 11.6 Å². The smallest absolute Gasteiger partial charge is 0.131 e. The van der Waals surface area contributed by atoms with Gasteiger partial charge in [-0.05, 0) is 31.0 Å². The molecule has 0 aliphatic heterocycles. The number of methoxy groups -OCH3 is 1. The monoisotopic (exact) mass is 259 g/mol. The van der Waals surface area contributed by atoms with Gasteiger partial charge < -0.3 is 10.5 Å². The summed E-state index contributed by atoms with van der Waals surface area (Å²) in [5.41, 5.74) is 8.84. The SMILES string of the molecule is COc1cccc(F)c1C(N)Cc1cccc(C)c1. The van der Waals surface area contributed by atoms with Gasteiger partial charge in [0.1, 0.15) is 11.6 Å². The number of hydrogen-bond acceptors (Lipinski definition) is 2. The lowest BCUT2D eigenvalue weighted by Crippen LogP contribution is -2.16. The number of benzene rings is 2. The minimum atomic E-state index is -0.419. The van der Waals surface area contributed by atoms with E-state index in [0.29, 0.717) is 17.7 Å². The van der Waals surface area contributed by atoms with E-state index in [0.717, 1.165) is 5.56 Å². The molecule has 0 spiro atoms. The first-order valence-corrected chi connectivity index (χ1v) is 6.25. The Balaban J connectivity index is 2.27. The molecule has 0 bridgehead atoms. The molecule has 19 heavy (non-hydrogen) atoms. The zero-order chi connectivity index (χ0) is 13.8. The number of hydrogen-bond donors (Lipinski definition) is 1. The van der Waals surface area contributed by atoms with Crippen molar-refractivity contribution in [2.75, 3.05) is 7.11 Å². The maximum absolute atomic E-state index is 13.9. The topological polar surface area (TPSA) is 35.2 Å². The van der Waals surface area contributed by atoms with Crippen molar-refractivity contribution in [3.8, 4) is 5.75 Å². The van der Waals surface area contributed by atoms with Crippen molar-refractivity contribution >= 4 is 0 Å². The molecule has 2 rings (SSSR count). The van der Waals surface area contributed by atoms with Crippen molar-refractivity contribution < 1.29 is 9.13 Å². The molecular formula is C16H18FNO. The van der Waals surface area contributed by atoms with Gasteiger partial charge in [-0.2, -0.15) is 0 Å². The summed E-state index contributed by atoms with van der Waals surface area (Å²) in [6.45, 7) is 2.03. The zero-order valence-electron chi connectivity index (χ0n) is 11.2. The Morgan fingerprint density at radius 3 is 2.63 bits per heavy atom. The first-order chi connectivity index (χ1) is 9.11. The average Bonchev–Trinajstić information content (AvgIpc) is 2.38. The molecule has 0 aromatic heterocycles. The number of nitrogens with two attached hydrogens (primary N) is 1. The van der Waals surface area contributed by atoms with E-state index in [1.807, 2.05) is 25.1 Å². The second-order valence-electron chi connectivity index (χ2n) is 4.66. The Hall–Kier alpha value is -1.87. The number of halogens is 1. The molecule has 2 nitrogen and oxygen atoms in total. The summed E-state index contributed by atoms with van der Waals surface area (Å²) in [6, 6.07) is 12.4. The fraction of sp³-hybridized carbons (Fsp3) is 0.250. The number of aryl methyl sites for hydroxylation is 1. The third kappa shape index (κ3) is 3.12. The van der Waals surface area contributed by atoms with Crippen molar-refractivity contribution in [2.45, 2.75) is 19.4 Å². The van der Waals surface area contributed by atoms with Crippen LogP contribution >= 0.6 is 0 Å². The van der Waals surface area contributed by atoms with E-state index >= 15 is 0 Å². The van der Waals surface area contributed by atoms with Crippen LogP contribution in [0.5, 0.6) is 5.75 Å². The Bertz CT molecular complexity index is 568. The van der Waals surface area contributed by atoms with E-state index in [1.165, 1.54) is 18.7 Å². The van der Waals surface area contributed by atoms with Gasteiger partial charge in [0.05, 0.1) is 7.11 Å². The van der Waals surface area contributed by atoms with E-state index in [9.17, 15) is 4.39 Å². The summed E-state index contributed by atoms with van der Waals surface area (Å²) >= 11 is 0. The summed E-state index contributed by atoms with van der Waals surface area (Å²) in [4.78, 5) is 0. The molecular weight excluding hydrogens is 241 g/mol. The Kier molecular flexibility index (Phi) is 4.17. The molecule has 0 fully saturated rings. The molecule has 0 aliphatic carbocycles. The van der Waals surface area contributed by atoms with E-state index in [-0.39, 0.29) is 5.82 Å². The van der Waals surface area contributed by atoms with Crippen LogP contribution in [0, 0.1) is 12.7 Å². The standard InChI is InChI=1S/C16H18FNO/c1-11-5-3-6-12(9-11)10-14(18)16-13(17)7-4-8-15(16)19-2/h3-9,14H,10,18H2,1-2H3. The quantitative estimate of drug-likeness (QED) is 0.913. The van der Waals surface area contributed by atoms with Crippen LogP contribution in [-0.4, -0.2) is 7.11 Å². The summed E-state index contributed by atoms with van der Waals surface area (Å²) in [6.07, 6.45) is 0.582. The normalized spacial score (nSPS) is 12.2. The van der Waals surface area contributed by atoms with Crippen molar-refractivity contribution in [3.05, 3.63) is 65.0 Å². The van der Waals surface area contributed by atoms with E-state index in [1.54, 1.807) is 12.1 Å². The van der Waals surface area contributed by atoms with Crippen LogP contribution in [-0.2, 0) is 6.42 Å². The molecule has 0 amide bonds. The molecule has 0 heterocycles. The summed E-state index contributed by atoms with van der Waals surface area (Å²) in [5.74, 6) is 0.180. The molecule has 0 saturated heterocycles. The Morgan fingerprint density at radius 2 is 1.95 bits per heavy atom. The zero-order valence-corrected chi connectivity index (χ0v) is 11.2. The van der Waals surface area contributed by atoms with Gasteiger partial charge >= 0.3 is 0 Å². The van der Waals surface area contributed by atoms with E-state index in [2.05, 4.69) is 6.07 Å². The Labute approximate surface area is 113 Å². The van der Waals surface area contributed by atoms with Crippen LogP contribution in [0.3, 0.4) is 0 Å². The van der Waals surface area contributed by atoms with Crippen molar-refractivity contribution in [2.24, 2.45) is 5.73 Å². The van der Waals surface area contributed by atoms with Gasteiger partial charge in [-0.1, -0.05) is 35.9 Å². The van der Waals surface area contributed by atoms with Crippen molar-refractivity contribution in [1.29, 1.82) is 0 Å². The largest absolute Gasteiger partial charge is 0.496 e. The highest BCUT2D eigenvalue weighted by molar-refractivity contribution is 5.38. The van der Waals surface area contributed by atoms with Gasteiger partial charge in [0.2, 0.25) is 0 Å². The molecule has 0 aliphatic rings. The van der Waals surface area contributed by atoms with Crippen LogP contribution in [0.2, 0.25) is 0 Å². The molecule has 1 atom stereocenters. The number of rotatable bonds is 4. The minimum Gasteiger partial charge on any atom is -0.496 e. The lowest BCUT2D eigenvalue weighted by molar-refractivity contribution is 0.399. The average molecular weight is 259 g/mol. The maximum atomic E-state index is 13.9. The lowest BCUT2D eigenvalue weighted by atomic mass is 9.97. The molecule has 2 aromatic carbocycles. The molecule has 0 saturated carbocycles. The fourth-order valence-corrected chi connectivity index (χ4v) is 2.25. The highest BCUT2D eigenvalue weighted by Gasteiger charge is 2.17. The maximum Gasteiger partial charge on any atom is 0.131 e. The first kappa shape index (κ1) is 13.6.